The molecule has 3 amide bonds. The van der Waals surface area contributed by atoms with Gasteiger partial charge >= 0.3 is 12.0 Å². The van der Waals surface area contributed by atoms with E-state index in [1.54, 1.807) is 25.1 Å². The molecular weight excluding hydrogens is 288 g/mol. The molecule has 22 heavy (non-hydrogen) atoms. The Bertz CT molecular complexity index is 779. The van der Waals surface area contributed by atoms with Gasteiger partial charge in [0, 0.05) is 17.9 Å². The van der Waals surface area contributed by atoms with Crippen molar-refractivity contribution in [2.75, 3.05) is 6.61 Å². The van der Waals surface area contributed by atoms with Crippen LogP contribution in [0.1, 0.15) is 30.0 Å². The summed E-state index contributed by atoms with van der Waals surface area (Å²) < 4.78 is 10.5. The van der Waals surface area contributed by atoms with Crippen molar-refractivity contribution in [1.82, 2.24) is 10.0 Å². The van der Waals surface area contributed by atoms with Gasteiger partial charge < -0.3 is 9.15 Å². The van der Waals surface area contributed by atoms with Crippen LogP contribution < -0.4 is 0 Å². The highest BCUT2D eigenvalue weighted by Crippen LogP contribution is 2.32. The molecule has 1 aromatic heterocycles. The molecule has 1 aliphatic rings. The number of imide groups is 1. The summed E-state index contributed by atoms with van der Waals surface area (Å²) in [5, 5.41) is 2.49. The fourth-order valence-corrected chi connectivity index (χ4v) is 2.51. The molecule has 7 nitrogen and oxygen atoms in total. The third-order valence-electron chi connectivity index (χ3n) is 3.41. The third-order valence-corrected chi connectivity index (χ3v) is 3.41. The van der Waals surface area contributed by atoms with Gasteiger partial charge in [-0.3, -0.25) is 9.59 Å². The van der Waals surface area contributed by atoms with Crippen LogP contribution in [0.5, 0.6) is 0 Å². The quantitative estimate of drug-likeness (QED) is 0.807. The predicted molar refractivity (Wildman–Crippen MR) is 75.6 cm³/mol. The van der Waals surface area contributed by atoms with Crippen molar-refractivity contribution in [2.45, 2.75) is 20.4 Å². The lowest BCUT2D eigenvalue weighted by molar-refractivity contribution is -0.139. The lowest BCUT2D eigenvalue weighted by Crippen LogP contribution is -2.54. The maximum atomic E-state index is 12.5. The zero-order chi connectivity index (χ0) is 15.9. The molecule has 0 spiro atoms. The molecule has 0 radical (unpaired) electrons. The van der Waals surface area contributed by atoms with E-state index in [9.17, 15) is 14.4 Å². The highest BCUT2D eigenvalue weighted by Gasteiger charge is 2.40. The van der Waals surface area contributed by atoms with Gasteiger partial charge in [-0.1, -0.05) is 18.2 Å². The standard InChI is InChI=1S/C15H14N2O5/c1-3-21-15(20)16-8-11-10-6-4-5-7-12(10)22-13(11)14(19)17(16)9(2)18/h4-7H,3,8H2,1-2H3. The van der Waals surface area contributed by atoms with Crippen molar-refractivity contribution in [3.05, 3.63) is 35.6 Å². The van der Waals surface area contributed by atoms with Gasteiger partial charge in [-0.25, -0.2) is 9.80 Å². The van der Waals surface area contributed by atoms with Crippen LogP contribution in [-0.4, -0.2) is 34.5 Å². The van der Waals surface area contributed by atoms with Crippen molar-refractivity contribution in [3.63, 3.8) is 0 Å². The van der Waals surface area contributed by atoms with Crippen molar-refractivity contribution < 1.29 is 23.5 Å². The predicted octanol–water partition coefficient (Wildman–Crippen LogP) is 2.31. The summed E-state index contributed by atoms with van der Waals surface area (Å²) in [6.45, 7) is 3.04. The fraction of sp³-hybridized carbons (Fsp3) is 0.267. The van der Waals surface area contributed by atoms with E-state index in [-0.39, 0.29) is 18.9 Å². The number of carbonyl (C=O) groups excluding carboxylic acids is 3. The number of furan rings is 1. The molecule has 0 bridgehead atoms. The monoisotopic (exact) mass is 302 g/mol. The van der Waals surface area contributed by atoms with Gasteiger partial charge in [0.1, 0.15) is 5.58 Å². The Balaban J connectivity index is 2.13. The van der Waals surface area contributed by atoms with Crippen molar-refractivity contribution >= 4 is 28.9 Å². The first-order chi connectivity index (χ1) is 10.5. The lowest BCUT2D eigenvalue weighted by atomic mass is 10.1. The number of nitrogens with zero attached hydrogens (tertiary/aromatic N) is 2. The van der Waals surface area contributed by atoms with Crippen LogP contribution in [0.3, 0.4) is 0 Å². The molecule has 114 valence electrons. The summed E-state index contributed by atoms with van der Waals surface area (Å²) in [4.78, 5) is 36.3. The molecule has 1 aliphatic heterocycles. The number of benzene rings is 1. The number of hydrogen-bond acceptors (Lipinski definition) is 5. The summed E-state index contributed by atoms with van der Waals surface area (Å²) in [6.07, 6.45) is -0.748. The second-order valence-corrected chi connectivity index (χ2v) is 4.80. The van der Waals surface area contributed by atoms with E-state index < -0.39 is 17.9 Å². The minimum absolute atomic E-state index is 0.0382. The Morgan fingerprint density at radius 3 is 2.73 bits per heavy atom. The highest BCUT2D eigenvalue weighted by molar-refractivity contribution is 6.07. The van der Waals surface area contributed by atoms with Crippen molar-refractivity contribution in [1.29, 1.82) is 0 Å². The molecule has 2 heterocycles. The van der Waals surface area contributed by atoms with Crippen LogP contribution >= 0.6 is 0 Å². The summed E-state index contributed by atoms with van der Waals surface area (Å²) in [6, 6.07) is 7.13. The number of ether oxygens (including phenoxy) is 1. The zero-order valence-corrected chi connectivity index (χ0v) is 12.2. The Morgan fingerprint density at radius 1 is 1.32 bits per heavy atom. The van der Waals surface area contributed by atoms with Gasteiger partial charge in [-0.05, 0) is 13.0 Å². The molecular formula is C15H14N2O5. The van der Waals surface area contributed by atoms with Crippen molar-refractivity contribution in [2.24, 2.45) is 0 Å². The van der Waals surface area contributed by atoms with E-state index in [0.29, 0.717) is 11.1 Å². The third kappa shape index (κ3) is 2.02. The van der Waals surface area contributed by atoms with Gasteiger partial charge in [0.05, 0.1) is 13.2 Å². The molecule has 0 atom stereocenters. The Kier molecular flexibility index (Phi) is 3.32. The number of hydrogen-bond donors (Lipinski definition) is 0. The number of fused-ring (bicyclic) bond motifs is 3. The fourth-order valence-electron chi connectivity index (χ4n) is 2.51. The van der Waals surface area contributed by atoms with Gasteiger partial charge in [-0.15, -0.1) is 0 Å². The smallest absolute Gasteiger partial charge is 0.429 e. The average Bonchev–Trinajstić information content (AvgIpc) is 2.86. The van der Waals surface area contributed by atoms with Crippen LogP contribution in [0.15, 0.2) is 28.7 Å². The summed E-state index contributed by atoms with van der Waals surface area (Å²) in [5.41, 5.74) is 1.11. The number of para-hydroxylation sites is 1. The molecule has 3 rings (SSSR count). The summed E-state index contributed by atoms with van der Waals surface area (Å²) in [5.74, 6) is -1.17. The maximum absolute atomic E-state index is 12.5. The van der Waals surface area contributed by atoms with Gasteiger partial charge in [-0.2, -0.15) is 5.01 Å². The largest absolute Gasteiger partial charge is 0.450 e. The molecule has 0 N–H and O–H groups in total. The highest BCUT2D eigenvalue weighted by atomic mass is 16.6. The van der Waals surface area contributed by atoms with E-state index >= 15 is 0 Å². The molecule has 0 saturated heterocycles. The van der Waals surface area contributed by atoms with E-state index in [4.69, 9.17) is 9.15 Å². The van der Waals surface area contributed by atoms with Gasteiger partial charge in [0.15, 0.2) is 5.76 Å². The number of hydrazine groups is 1. The molecule has 1 aromatic carbocycles. The first-order valence-electron chi connectivity index (χ1n) is 6.84. The molecule has 2 aromatic rings. The average molecular weight is 302 g/mol. The van der Waals surface area contributed by atoms with Crippen molar-refractivity contribution in [3.8, 4) is 0 Å². The second kappa shape index (κ2) is 5.18. The zero-order valence-electron chi connectivity index (χ0n) is 12.2. The maximum Gasteiger partial charge on any atom is 0.429 e. The normalized spacial score (nSPS) is 14.2. The molecule has 0 unspecified atom stereocenters. The summed E-state index contributed by atoms with van der Waals surface area (Å²) in [7, 11) is 0. The molecule has 7 heteroatoms. The Labute approximate surface area is 126 Å². The van der Waals surface area contributed by atoms with E-state index in [2.05, 4.69) is 0 Å². The lowest BCUT2D eigenvalue weighted by Gasteiger charge is -2.34. The first kappa shape index (κ1) is 14.1. The summed E-state index contributed by atoms with van der Waals surface area (Å²) >= 11 is 0. The van der Waals surface area contributed by atoms with Crippen LogP contribution in [0, 0.1) is 0 Å². The number of carbonyl (C=O) groups is 3. The molecule has 0 saturated carbocycles. The Morgan fingerprint density at radius 2 is 2.05 bits per heavy atom. The van der Waals surface area contributed by atoms with E-state index in [0.717, 1.165) is 15.4 Å². The van der Waals surface area contributed by atoms with Crippen LogP contribution in [0.4, 0.5) is 4.79 Å². The second-order valence-electron chi connectivity index (χ2n) is 4.80. The minimum atomic E-state index is -0.748. The number of amides is 3. The Hall–Kier alpha value is -2.83. The molecule has 0 fully saturated rings. The van der Waals surface area contributed by atoms with E-state index in [1.165, 1.54) is 6.92 Å². The van der Waals surface area contributed by atoms with E-state index in [1.807, 2.05) is 6.07 Å². The minimum Gasteiger partial charge on any atom is -0.450 e. The van der Waals surface area contributed by atoms with Crippen LogP contribution in [-0.2, 0) is 16.1 Å². The van der Waals surface area contributed by atoms with Gasteiger partial charge in [0.25, 0.3) is 0 Å². The SMILES string of the molecule is CCOC(=O)N1Cc2c(oc3ccccc23)C(=O)N1C(C)=O. The van der Waals surface area contributed by atoms with Gasteiger partial charge in [0.2, 0.25) is 5.91 Å². The van der Waals surface area contributed by atoms with Crippen LogP contribution in [0.25, 0.3) is 11.0 Å². The molecule has 0 aliphatic carbocycles. The first-order valence-corrected chi connectivity index (χ1v) is 6.84. The topological polar surface area (TPSA) is 80.1 Å². The van der Waals surface area contributed by atoms with Crippen LogP contribution in [0.2, 0.25) is 0 Å². The number of rotatable bonds is 1.